The molecule has 0 radical (unpaired) electrons. The molecule has 146 valence electrons. The topological polar surface area (TPSA) is 92.6 Å². The van der Waals surface area contributed by atoms with Gasteiger partial charge >= 0.3 is 0 Å². The van der Waals surface area contributed by atoms with E-state index >= 15 is 0 Å². The van der Waals surface area contributed by atoms with Crippen molar-refractivity contribution in [3.63, 3.8) is 0 Å². The fraction of sp³-hybridized carbons (Fsp3) is 0.286. The molecule has 8 nitrogen and oxygen atoms in total. The van der Waals surface area contributed by atoms with Gasteiger partial charge in [-0.05, 0) is 24.8 Å². The lowest BCUT2D eigenvalue weighted by atomic mass is 10.0. The lowest BCUT2D eigenvalue weighted by Gasteiger charge is -2.15. The van der Waals surface area contributed by atoms with Gasteiger partial charge in [0.25, 0.3) is 5.91 Å². The van der Waals surface area contributed by atoms with Gasteiger partial charge in [0.05, 0.1) is 17.4 Å². The fourth-order valence-corrected chi connectivity index (χ4v) is 3.94. The Labute approximate surface area is 167 Å². The summed E-state index contributed by atoms with van der Waals surface area (Å²) in [6.07, 6.45) is 8.98. The van der Waals surface area contributed by atoms with E-state index in [-0.39, 0.29) is 5.91 Å². The lowest BCUT2D eigenvalue weighted by molar-refractivity contribution is 0.0783. The van der Waals surface area contributed by atoms with Crippen LogP contribution in [0.3, 0.4) is 0 Å². The molecule has 1 aliphatic heterocycles. The van der Waals surface area contributed by atoms with Crippen LogP contribution in [0.15, 0.2) is 49.1 Å². The van der Waals surface area contributed by atoms with Crippen molar-refractivity contribution in [3.8, 4) is 11.5 Å². The summed E-state index contributed by atoms with van der Waals surface area (Å²) in [5, 5.41) is 8.06. The van der Waals surface area contributed by atoms with Crippen LogP contribution in [0.25, 0.3) is 22.4 Å². The van der Waals surface area contributed by atoms with Crippen LogP contribution in [0, 0.1) is 5.92 Å². The molecule has 3 aromatic heterocycles. The van der Waals surface area contributed by atoms with E-state index in [4.69, 9.17) is 0 Å². The molecule has 0 unspecified atom stereocenters. The number of rotatable bonds is 4. The van der Waals surface area contributed by atoms with Gasteiger partial charge < -0.3 is 9.47 Å². The first-order valence-electron chi connectivity index (χ1n) is 9.70. The van der Waals surface area contributed by atoms with E-state index in [1.165, 1.54) is 0 Å². The highest BCUT2D eigenvalue weighted by molar-refractivity contribution is 6.04. The van der Waals surface area contributed by atoms with Crippen molar-refractivity contribution in [1.29, 1.82) is 0 Å². The number of amides is 1. The number of para-hydroxylation sites is 1. The highest BCUT2D eigenvalue weighted by Crippen LogP contribution is 2.24. The van der Waals surface area contributed by atoms with Crippen molar-refractivity contribution in [2.75, 3.05) is 13.1 Å². The zero-order chi connectivity index (χ0) is 19.8. The van der Waals surface area contributed by atoms with Gasteiger partial charge in [0.15, 0.2) is 11.5 Å². The van der Waals surface area contributed by atoms with Gasteiger partial charge in [-0.2, -0.15) is 5.10 Å². The summed E-state index contributed by atoms with van der Waals surface area (Å²) < 4.78 is 1.92. The van der Waals surface area contributed by atoms with Crippen molar-refractivity contribution in [3.05, 3.63) is 60.4 Å². The largest absolute Gasteiger partial charge is 0.337 e. The highest BCUT2D eigenvalue weighted by Gasteiger charge is 2.29. The summed E-state index contributed by atoms with van der Waals surface area (Å²) in [6, 6.07) is 7.72. The fourth-order valence-electron chi connectivity index (χ4n) is 3.94. The van der Waals surface area contributed by atoms with E-state index in [2.05, 4.69) is 25.1 Å². The van der Waals surface area contributed by atoms with E-state index in [1.807, 2.05) is 53.2 Å². The van der Waals surface area contributed by atoms with Gasteiger partial charge in [-0.25, -0.2) is 9.97 Å². The summed E-state index contributed by atoms with van der Waals surface area (Å²) >= 11 is 0. The van der Waals surface area contributed by atoms with Crippen LogP contribution in [0.1, 0.15) is 22.6 Å². The second kappa shape index (κ2) is 7.12. The van der Waals surface area contributed by atoms with Gasteiger partial charge in [-0.3, -0.25) is 14.9 Å². The van der Waals surface area contributed by atoms with Gasteiger partial charge in [0.2, 0.25) is 0 Å². The standard InChI is InChI=1S/C21H21N7O/c1-27-9-7-22-20(27)18-12-23-15(11-24-18)10-14-6-8-28(13-14)21(29)19-16-4-2-3-5-17(16)25-26-19/h2-5,7,9,11-12,14H,6,8,10,13H2,1H3,(H,25,26)/t14-/m1/s1. The number of aryl methyl sites for hydroxylation is 1. The Balaban J connectivity index is 1.25. The first-order chi connectivity index (χ1) is 14.2. The number of hydrogen-bond donors (Lipinski definition) is 1. The number of benzene rings is 1. The maximum absolute atomic E-state index is 12.9. The summed E-state index contributed by atoms with van der Waals surface area (Å²) in [4.78, 5) is 28.2. The minimum absolute atomic E-state index is 0.0128. The van der Waals surface area contributed by atoms with Crippen molar-refractivity contribution < 1.29 is 4.79 Å². The smallest absolute Gasteiger partial charge is 0.275 e. The van der Waals surface area contributed by atoms with Gasteiger partial charge in [-0.1, -0.05) is 18.2 Å². The third-order valence-electron chi connectivity index (χ3n) is 5.50. The van der Waals surface area contributed by atoms with Crippen LogP contribution in [0.5, 0.6) is 0 Å². The number of imidazole rings is 1. The molecule has 1 N–H and O–H groups in total. The van der Waals surface area contributed by atoms with Crippen LogP contribution >= 0.6 is 0 Å². The van der Waals surface area contributed by atoms with Crippen molar-refractivity contribution in [1.82, 2.24) is 34.6 Å². The van der Waals surface area contributed by atoms with E-state index in [0.29, 0.717) is 18.2 Å². The summed E-state index contributed by atoms with van der Waals surface area (Å²) in [7, 11) is 1.94. The van der Waals surface area contributed by atoms with E-state index in [1.54, 1.807) is 12.4 Å². The molecule has 0 aliphatic carbocycles. The molecule has 0 saturated carbocycles. The molecule has 8 heteroatoms. The molecule has 1 aliphatic rings. The maximum Gasteiger partial charge on any atom is 0.275 e. The van der Waals surface area contributed by atoms with Gasteiger partial charge in [0.1, 0.15) is 5.69 Å². The van der Waals surface area contributed by atoms with Crippen LogP contribution in [0.2, 0.25) is 0 Å². The third kappa shape index (κ3) is 3.26. The molecule has 1 fully saturated rings. The van der Waals surface area contributed by atoms with Crippen LogP contribution < -0.4 is 0 Å². The molecule has 1 saturated heterocycles. The Bertz CT molecular complexity index is 1160. The quantitative estimate of drug-likeness (QED) is 0.581. The molecular formula is C21H21N7O. The predicted octanol–water partition coefficient (Wildman–Crippen LogP) is 2.46. The highest BCUT2D eigenvalue weighted by atomic mass is 16.2. The van der Waals surface area contributed by atoms with Gasteiger partial charge in [0, 0.05) is 44.1 Å². The number of aromatic nitrogens is 6. The number of likely N-dealkylation sites (tertiary alicyclic amines) is 1. The normalized spacial score (nSPS) is 16.6. The third-order valence-corrected chi connectivity index (χ3v) is 5.50. The Hall–Kier alpha value is -3.55. The number of hydrogen-bond acceptors (Lipinski definition) is 5. The number of nitrogens with one attached hydrogen (secondary N) is 1. The number of fused-ring (bicyclic) bond motifs is 1. The molecule has 0 bridgehead atoms. The number of nitrogens with zero attached hydrogens (tertiary/aromatic N) is 6. The second-order valence-electron chi connectivity index (χ2n) is 7.48. The SMILES string of the molecule is Cn1ccnc1-c1cnc(C[C@H]2CCN(C(=O)c3n[nH]c4ccccc34)C2)cn1. The number of aromatic amines is 1. The minimum atomic E-state index is -0.0128. The van der Waals surface area contributed by atoms with Crippen LogP contribution in [-0.4, -0.2) is 53.6 Å². The Morgan fingerprint density at radius 2 is 2.10 bits per heavy atom. The summed E-state index contributed by atoms with van der Waals surface area (Å²) in [5.41, 5.74) is 3.08. The summed E-state index contributed by atoms with van der Waals surface area (Å²) in [6.45, 7) is 1.45. The molecular weight excluding hydrogens is 366 g/mol. The molecule has 1 aromatic carbocycles. The molecule has 29 heavy (non-hydrogen) atoms. The first kappa shape index (κ1) is 17.5. The number of carbonyl (C=O) groups excluding carboxylic acids is 1. The molecule has 1 amide bonds. The maximum atomic E-state index is 12.9. The minimum Gasteiger partial charge on any atom is -0.337 e. The average Bonchev–Trinajstić information content (AvgIpc) is 3.48. The van der Waals surface area contributed by atoms with Crippen LogP contribution in [0.4, 0.5) is 0 Å². The second-order valence-corrected chi connectivity index (χ2v) is 7.48. The van der Waals surface area contributed by atoms with E-state index in [9.17, 15) is 4.79 Å². The molecule has 1 atom stereocenters. The predicted molar refractivity (Wildman–Crippen MR) is 108 cm³/mol. The number of carbonyl (C=O) groups is 1. The van der Waals surface area contributed by atoms with Gasteiger partial charge in [-0.15, -0.1) is 0 Å². The summed E-state index contributed by atoms with van der Waals surface area (Å²) in [5.74, 6) is 1.16. The Morgan fingerprint density at radius 1 is 1.21 bits per heavy atom. The monoisotopic (exact) mass is 387 g/mol. The van der Waals surface area contributed by atoms with Crippen molar-refractivity contribution >= 4 is 16.8 Å². The molecule has 4 heterocycles. The van der Waals surface area contributed by atoms with Crippen molar-refractivity contribution in [2.24, 2.45) is 13.0 Å². The molecule has 0 spiro atoms. The average molecular weight is 387 g/mol. The zero-order valence-corrected chi connectivity index (χ0v) is 16.1. The lowest BCUT2D eigenvalue weighted by Crippen LogP contribution is -2.29. The van der Waals surface area contributed by atoms with Crippen LogP contribution in [-0.2, 0) is 13.5 Å². The number of H-pyrrole nitrogens is 1. The zero-order valence-electron chi connectivity index (χ0n) is 16.1. The molecule has 4 aromatic rings. The Morgan fingerprint density at radius 3 is 2.90 bits per heavy atom. The Kier molecular flexibility index (Phi) is 4.31. The van der Waals surface area contributed by atoms with E-state index in [0.717, 1.165) is 47.5 Å². The first-order valence-corrected chi connectivity index (χ1v) is 9.70. The van der Waals surface area contributed by atoms with E-state index < -0.39 is 0 Å². The van der Waals surface area contributed by atoms with Crippen molar-refractivity contribution in [2.45, 2.75) is 12.8 Å². The molecule has 5 rings (SSSR count).